The van der Waals surface area contributed by atoms with E-state index in [0.717, 1.165) is 24.8 Å². The van der Waals surface area contributed by atoms with Gasteiger partial charge < -0.3 is 0 Å². The Morgan fingerprint density at radius 1 is 1.16 bits per heavy atom. The number of hydrogen-bond acceptors (Lipinski definition) is 2. The van der Waals surface area contributed by atoms with E-state index in [-0.39, 0.29) is 5.92 Å². The van der Waals surface area contributed by atoms with E-state index in [0.29, 0.717) is 5.92 Å². The molecule has 0 aliphatic heterocycles. The maximum Gasteiger partial charge on any atom is 0.140 e. The molecule has 0 N–H and O–H groups in total. The van der Waals surface area contributed by atoms with E-state index in [1.54, 1.807) is 0 Å². The lowest BCUT2D eigenvalue weighted by atomic mass is 9.73. The molecule has 0 saturated carbocycles. The van der Waals surface area contributed by atoms with E-state index < -0.39 is 5.92 Å². The van der Waals surface area contributed by atoms with Gasteiger partial charge in [0.1, 0.15) is 5.92 Å². The van der Waals surface area contributed by atoms with Gasteiger partial charge in [0.25, 0.3) is 0 Å². The summed E-state index contributed by atoms with van der Waals surface area (Å²) in [7, 11) is 0. The molecule has 0 saturated heterocycles. The van der Waals surface area contributed by atoms with Crippen LogP contribution in [0.2, 0.25) is 0 Å². The number of nitrogens with zero attached hydrogens (tertiary/aromatic N) is 2. The first kappa shape index (κ1) is 13.4. The molecule has 0 radical (unpaired) electrons. The minimum atomic E-state index is -0.574. The van der Waals surface area contributed by atoms with Crippen molar-refractivity contribution >= 4 is 0 Å². The topological polar surface area (TPSA) is 47.6 Å². The van der Waals surface area contributed by atoms with Crippen molar-refractivity contribution < 1.29 is 0 Å². The quantitative estimate of drug-likeness (QED) is 0.755. The third-order valence-corrected chi connectivity index (χ3v) is 3.89. The summed E-state index contributed by atoms with van der Waals surface area (Å²) in [6.45, 7) is 2.14. The van der Waals surface area contributed by atoms with Crippen molar-refractivity contribution in [2.45, 2.75) is 32.1 Å². The van der Waals surface area contributed by atoms with Gasteiger partial charge in [-0.25, -0.2) is 0 Å². The van der Waals surface area contributed by atoms with E-state index in [4.69, 9.17) is 0 Å². The van der Waals surface area contributed by atoms with Gasteiger partial charge in [-0.3, -0.25) is 0 Å². The molecule has 0 aromatic heterocycles. The maximum atomic E-state index is 9.26. The van der Waals surface area contributed by atoms with Crippen LogP contribution in [0.4, 0.5) is 0 Å². The number of nitriles is 2. The Morgan fingerprint density at radius 3 is 2.42 bits per heavy atom. The lowest BCUT2D eigenvalue weighted by molar-refractivity contribution is 0.408. The molecule has 19 heavy (non-hydrogen) atoms. The smallest absolute Gasteiger partial charge is 0.140 e. The molecular formula is C17H18N2. The van der Waals surface area contributed by atoms with E-state index in [9.17, 15) is 10.5 Å². The highest BCUT2D eigenvalue weighted by Gasteiger charge is 2.31. The molecule has 0 amide bonds. The summed E-state index contributed by atoms with van der Waals surface area (Å²) < 4.78 is 0. The van der Waals surface area contributed by atoms with Gasteiger partial charge in [-0.15, -0.1) is 0 Å². The Balaban J connectivity index is 2.38. The van der Waals surface area contributed by atoms with Crippen molar-refractivity contribution in [2.75, 3.05) is 0 Å². The molecule has 1 aromatic rings. The van der Waals surface area contributed by atoms with Crippen LogP contribution in [-0.2, 0) is 0 Å². The van der Waals surface area contributed by atoms with E-state index in [2.05, 4.69) is 25.1 Å². The molecule has 0 bridgehead atoms. The number of benzene rings is 1. The molecule has 2 unspecified atom stereocenters. The van der Waals surface area contributed by atoms with E-state index >= 15 is 0 Å². The number of rotatable bonds is 3. The Labute approximate surface area is 115 Å². The Bertz CT molecular complexity index is 517. The monoisotopic (exact) mass is 250 g/mol. The Hall–Kier alpha value is -2.06. The third kappa shape index (κ3) is 3.04. The van der Waals surface area contributed by atoms with Gasteiger partial charge in [-0.05, 0) is 37.7 Å². The van der Waals surface area contributed by atoms with Crippen LogP contribution in [0.25, 0.3) is 0 Å². The zero-order chi connectivity index (χ0) is 13.7. The van der Waals surface area contributed by atoms with Gasteiger partial charge in [0.05, 0.1) is 12.1 Å². The number of allylic oxidation sites excluding steroid dienone is 2. The summed E-state index contributed by atoms with van der Waals surface area (Å²) in [5.41, 5.74) is 2.48. The minimum absolute atomic E-state index is 0.00792. The molecule has 2 rings (SSSR count). The fraction of sp³-hybridized carbons (Fsp3) is 0.412. The standard InChI is InChI=1S/C17H18N2/c1-13-6-5-9-15(10-13)17(16(11-18)12-19)14-7-3-2-4-8-14/h2-4,7-8,10,15-17H,5-6,9H2,1H3. The van der Waals surface area contributed by atoms with Gasteiger partial charge >= 0.3 is 0 Å². The molecule has 2 nitrogen and oxygen atoms in total. The fourth-order valence-electron chi connectivity index (χ4n) is 2.98. The average Bonchev–Trinajstić information content (AvgIpc) is 2.45. The highest BCUT2D eigenvalue weighted by Crippen LogP contribution is 2.39. The Morgan fingerprint density at radius 2 is 1.84 bits per heavy atom. The molecule has 1 aromatic carbocycles. The molecule has 1 aliphatic carbocycles. The lowest BCUT2D eigenvalue weighted by Gasteiger charge is -2.29. The molecular weight excluding hydrogens is 232 g/mol. The zero-order valence-electron chi connectivity index (χ0n) is 11.2. The van der Waals surface area contributed by atoms with Gasteiger partial charge in [0.2, 0.25) is 0 Å². The largest absolute Gasteiger partial charge is 0.197 e. The zero-order valence-corrected chi connectivity index (χ0v) is 11.2. The average molecular weight is 250 g/mol. The van der Waals surface area contributed by atoms with Crippen molar-refractivity contribution in [1.82, 2.24) is 0 Å². The second-order valence-electron chi connectivity index (χ2n) is 5.24. The van der Waals surface area contributed by atoms with Gasteiger partial charge in [-0.2, -0.15) is 10.5 Å². The fourth-order valence-corrected chi connectivity index (χ4v) is 2.98. The molecule has 0 heterocycles. The van der Waals surface area contributed by atoms with Crippen molar-refractivity contribution in [3.8, 4) is 12.1 Å². The highest BCUT2D eigenvalue weighted by molar-refractivity contribution is 5.28. The molecule has 0 fully saturated rings. The molecule has 2 heteroatoms. The first-order chi connectivity index (χ1) is 9.26. The first-order valence-corrected chi connectivity index (χ1v) is 6.77. The van der Waals surface area contributed by atoms with E-state index in [1.807, 2.05) is 30.3 Å². The van der Waals surface area contributed by atoms with Gasteiger partial charge in [-0.1, -0.05) is 42.0 Å². The summed E-state index contributed by atoms with van der Waals surface area (Å²) in [6.07, 6.45) is 5.63. The minimum Gasteiger partial charge on any atom is -0.197 e. The molecule has 0 spiro atoms. The van der Waals surface area contributed by atoms with Crippen LogP contribution in [0.1, 0.15) is 37.7 Å². The van der Waals surface area contributed by atoms with Crippen LogP contribution in [0, 0.1) is 34.5 Å². The molecule has 96 valence electrons. The summed E-state index contributed by atoms with van der Waals surface area (Å²) in [5.74, 6) is -0.276. The summed E-state index contributed by atoms with van der Waals surface area (Å²) >= 11 is 0. The highest BCUT2D eigenvalue weighted by atomic mass is 14.4. The van der Waals surface area contributed by atoms with Crippen LogP contribution >= 0.6 is 0 Å². The summed E-state index contributed by atoms with van der Waals surface area (Å²) in [4.78, 5) is 0. The predicted molar refractivity (Wildman–Crippen MR) is 75.0 cm³/mol. The molecule has 2 atom stereocenters. The lowest BCUT2D eigenvalue weighted by Crippen LogP contribution is -2.21. The first-order valence-electron chi connectivity index (χ1n) is 6.77. The predicted octanol–water partition coefficient (Wildman–Crippen LogP) is 4.18. The van der Waals surface area contributed by atoms with Crippen molar-refractivity contribution in [3.63, 3.8) is 0 Å². The van der Waals surface area contributed by atoms with Crippen LogP contribution in [0.3, 0.4) is 0 Å². The Kier molecular flexibility index (Phi) is 4.37. The normalized spacial score (nSPS) is 20.2. The maximum absolute atomic E-state index is 9.26. The second-order valence-corrected chi connectivity index (χ2v) is 5.24. The van der Waals surface area contributed by atoms with Crippen LogP contribution in [0.15, 0.2) is 42.0 Å². The summed E-state index contributed by atoms with van der Waals surface area (Å²) in [6, 6.07) is 14.3. The van der Waals surface area contributed by atoms with Crippen molar-refractivity contribution in [2.24, 2.45) is 11.8 Å². The van der Waals surface area contributed by atoms with Crippen LogP contribution in [-0.4, -0.2) is 0 Å². The van der Waals surface area contributed by atoms with Gasteiger partial charge in [0, 0.05) is 5.92 Å². The number of hydrogen-bond donors (Lipinski definition) is 0. The van der Waals surface area contributed by atoms with Crippen LogP contribution in [0.5, 0.6) is 0 Å². The van der Waals surface area contributed by atoms with Crippen molar-refractivity contribution in [1.29, 1.82) is 10.5 Å². The third-order valence-electron chi connectivity index (χ3n) is 3.89. The van der Waals surface area contributed by atoms with Crippen LogP contribution < -0.4 is 0 Å². The van der Waals surface area contributed by atoms with Gasteiger partial charge in [0.15, 0.2) is 0 Å². The van der Waals surface area contributed by atoms with E-state index in [1.165, 1.54) is 5.57 Å². The summed E-state index contributed by atoms with van der Waals surface area (Å²) in [5, 5.41) is 18.5. The van der Waals surface area contributed by atoms with Crippen molar-refractivity contribution in [3.05, 3.63) is 47.5 Å². The SMILES string of the molecule is CC1=CC(C(c2ccccc2)C(C#N)C#N)CCC1. The second kappa shape index (κ2) is 6.21. The molecule has 1 aliphatic rings.